The molecule has 0 spiro atoms. The fraction of sp³-hybridized carbons (Fsp3) is 0.500. The molecule has 21 heavy (non-hydrogen) atoms. The quantitative estimate of drug-likeness (QED) is 0.889. The molecule has 1 aromatic carbocycles. The Kier molecular flexibility index (Phi) is 3.57. The van der Waals surface area contributed by atoms with Gasteiger partial charge in [-0.05, 0) is 23.5 Å². The fourth-order valence-electron chi connectivity index (χ4n) is 3.32. The van der Waals surface area contributed by atoms with Gasteiger partial charge in [0.05, 0.1) is 5.92 Å². The third-order valence-electron chi connectivity index (χ3n) is 4.68. The maximum Gasteiger partial charge on any atom is 0.317 e. The normalized spacial score (nSPS) is 26.9. The van der Waals surface area contributed by atoms with Crippen molar-refractivity contribution in [2.45, 2.75) is 19.3 Å². The maximum absolute atomic E-state index is 12.1. The SMILES string of the molecule is CC1CN(C(=O)NCC2Cc3ccccc32)CC1C(=O)O. The van der Waals surface area contributed by atoms with Crippen LogP contribution in [0.4, 0.5) is 4.79 Å². The van der Waals surface area contributed by atoms with Crippen molar-refractivity contribution >= 4 is 12.0 Å². The van der Waals surface area contributed by atoms with Gasteiger partial charge in [0.15, 0.2) is 0 Å². The lowest BCUT2D eigenvalue weighted by Gasteiger charge is -2.30. The Morgan fingerprint density at radius 2 is 2.10 bits per heavy atom. The van der Waals surface area contributed by atoms with E-state index in [0.717, 1.165) is 6.42 Å². The van der Waals surface area contributed by atoms with Crippen LogP contribution in [0.5, 0.6) is 0 Å². The number of carbonyl (C=O) groups is 2. The van der Waals surface area contributed by atoms with Gasteiger partial charge in [-0.2, -0.15) is 0 Å². The zero-order chi connectivity index (χ0) is 15.0. The zero-order valence-electron chi connectivity index (χ0n) is 12.1. The van der Waals surface area contributed by atoms with Gasteiger partial charge in [0.2, 0.25) is 0 Å². The number of aliphatic carboxylic acids is 1. The molecule has 0 aromatic heterocycles. The number of urea groups is 1. The topological polar surface area (TPSA) is 69.6 Å². The first-order chi connectivity index (χ1) is 10.1. The molecule has 3 rings (SSSR count). The van der Waals surface area contributed by atoms with E-state index in [0.29, 0.717) is 25.6 Å². The van der Waals surface area contributed by atoms with E-state index < -0.39 is 11.9 Å². The summed E-state index contributed by atoms with van der Waals surface area (Å²) in [4.78, 5) is 24.8. The Balaban J connectivity index is 1.51. The number of hydrogen-bond donors (Lipinski definition) is 2. The van der Waals surface area contributed by atoms with Gasteiger partial charge in [0.1, 0.15) is 0 Å². The number of nitrogens with zero attached hydrogens (tertiary/aromatic N) is 1. The van der Waals surface area contributed by atoms with Crippen molar-refractivity contribution in [1.82, 2.24) is 10.2 Å². The number of likely N-dealkylation sites (tertiary alicyclic amines) is 1. The smallest absolute Gasteiger partial charge is 0.317 e. The van der Waals surface area contributed by atoms with Crippen molar-refractivity contribution in [3.63, 3.8) is 0 Å². The number of carboxylic acids is 1. The van der Waals surface area contributed by atoms with Gasteiger partial charge in [0, 0.05) is 25.6 Å². The summed E-state index contributed by atoms with van der Waals surface area (Å²) in [7, 11) is 0. The van der Waals surface area contributed by atoms with Crippen molar-refractivity contribution < 1.29 is 14.7 Å². The van der Waals surface area contributed by atoms with Crippen LogP contribution in [0.25, 0.3) is 0 Å². The summed E-state index contributed by atoms with van der Waals surface area (Å²) in [5.41, 5.74) is 2.67. The highest BCUT2D eigenvalue weighted by molar-refractivity contribution is 5.77. The van der Waals surface area contributed by atoms with E-state index in [-0.39, 0.29) is 11.9 Å². The Labute approximate surface area is 123 Å². The van der Waals surface area contributed by atoms with Gasteiger partial charge in [-0.15, -0.1) is 0 Å². The average molecular weight is 288 g/mol. The molecule has 1 fully saturated rings. The first-order valence-electron chi connectivity index (χ1n) is 7.39. The minimum absolute atomic E-state index is 0.0117. The van der Waals surface area contributed by atoms with Crippen LogP contribution in [0.15, 0.2) is 24.3 Å². The van der Waals surface area contributed by atoms with E-state index in [1.807, 2.05) is 19.1 Å². The van der Waals surface area contributed by atoms with Crippen molar-refractivity contribution in [3.05, 3.63) is 35.4 Å². The Morgan fingerprint density at radius 3 is 2.76 bits per heavy atom. The minimum Gasteiger partial charge on any atom is -0.481 e. The van der Waals surface area contributed by atoms with Crippen LogP contribution in [-0.2, 0) is 11.2 Å². The monoisotopic (exact) mass is 288 g/mol. The van der Waals surface area contributed by atoms with Gasteiger partial charge >= 0.3 is 12.0 Å². The molecular weight excluding hydrogens is 268 g/mol. The van der Waals surface area contributed by atoms with Gasteiger partial charge < -0.3 is 15.3 Å². The van der Waals surface area contributed by atoms with Crippen LogP contribution in [0.2, 0.25) is 0 Å². The molecule has 0 bridgehead atoms. The number of fused-ring (bicyclic) bond motifs is 1. The summed E-state index contributed by atoms with van der Waals surface area (Å²) in [5, 5.41) is 12.0. The van der Waals surface area contributed by atoms with Crippen LogP contribution >= 0.6 is 0 Å². The first-order valence-corrected chi connectivity index (χ1v) is 7.39. The summed E-state index contributed by atoms with van der Waals surface area (Å²) in [6.45, 7) is 3.33. The van der Waals surface area contributed by atoms with Gasteiger partial charge in [-0.3, -0.25) is 4.79 Å². The fourth-order valence-corrected chi connectivity index (χ4v) is 3.32. The lowest BCUT2D eigenvalue weighted by molar-refractivity contribution is -0.142. The predicted octanol–water partition coefficient (Wildman–Crippen LogP) is 1.69. The highest BCUT2D eigenvalue weighted by Crippen LogP contribution is 2.34. The average Bonchev–Trinajstić information content (AvgIpc) is 2.82. The van der Waals surface area contributed by atoms with Crippen molar-refractivity contribution in [2.75, 3.05) is 19.6 Å². The standard InChI is InChI=1S/C16H20N2O3/c1-10-8-18(9-14(10)15(19)20)16(21)17-7-12-6-11-4-2-3-5-13(11)12/h2-5,10,12,14H,6-9H2,1H3,(H,17,21)(H,19,20). The molecular formula is C16H20N2O3. The second-order valence-corrected chi connectivity index (χ2v) is 6.11. The van der Waals surface area contributed by atoms with E-state index in [2.05, 4.69) is 17.4 Å². The molecule has 5 heteroatoms. The third-order valence-corrected chi connectivity index (χ3v) is 4.68. The molecule has 1 aromatic rings. The number of amides is 2. The largest absolute Gasteiger partial charge is 0.481 e. The zero-order valence-corrected chi connectivity index (χ0v) is 12.1. The van der Waals surface area contributed by atoms with Crippen LogP contribution in [0, 0.1) is 11.8 Å². The Morgan fingerprint density at radius 1 is 1.33 bits per heavy atom. The summed E-state index contributed by atoms with van der Waals surface area (Å²) >= 11 is 0. The molecule has 1 saturated heterocycles. The molecule has 0 radical (unpaired) electrons. The third kappa shape index (κ3) is 2.60. The molecule has 2 aliphatic rings. The highest BCUT2D eigenvalue weighted by atomic mass is 16.4. The predicted molar refractivity (Wildman–Crippen MR) is 78.1 cm³/mol. The number of hydrogen-bond acceptors (Lipinski definition) is 2. The molecule has 1 aliphatic heterocycles. The number of benzene rings is 1. The van der Waals surface area contributed by atoms with Crippen LogP contribution < -0.4 is 5.32 Å². The van der Waals surface area contributed by atoms with Crippen LogP contribution in [0.3, 0.4) is 0 Å². The summed E-state index contributed by atoms with van der Waals surface area (Å²) in [5.74, 6) is -0.857. The summed E-state index contributed by atoms with van der Waals surface area (Å²) in [6.07, 6.45) is 1.00. The Bertz CT molecular complexity index is 572. The Hall–Kier alpha value is -2.04. The van der Waals surface area contributed by atoms with E-state index in [1.165, 1.54) is 11.1 Å². The lowest BCUT2D eigenvalue weighted by Crippen LogP contribution is -2.42. The van der Waals surface area contributed by atoms with Gasteiger partial charge in [-0.25, -0.2) is 4.79 Å². The summed E-state index contributed by atoms with van der Waals surface area (Å²) in [6, 6.07) is 8.13. The molecule has 1 aliphatic carbocycles. The first kappa shape index (κ1) is 13.9. The van der Waals surface area contributed by atoms with Crippen molar-refractivity contribution in [2.24, 2.45) is 11.8 Å². The van der Waals surface area contributed by atoms with Gasteiger partial charge in [-0.1, -0.05) is 31.2 Å². The minimum atomic E-state index is -0.814. The van der Waals surface area contributed by atoms with E-state index in [9.17, 15) is 9.59 Å². The highest BCUT2D eigenvalue weighted by Gasteiger charge is 2.37. The van der Waals surface area contributed by atoms with Crippen molar-refractivity contribution in [1.29, 1.82) is 0 Å². The number of carbonyl (C=O) groups excluding carboxylic acids is 1. The van der Waals surface area contributed by atoms with E-state index >= 15 is 0 Å². The molecule has 2 amide bonds. The van der Waals surface area contributed by atoms with Gasteiger partial charge in [0.25, 0.3) is 0 Å². The van der Waals surface area contributed by atoms with E-state index in [1.54, 1.807) is 4.90 Å². The maximum atomic E-state index is 12.1. The molecule has 0 saturated carbocycles. The van der Waals surface area contributed by atoms with Crippen LogP contribution in [-0.4, -0.2) is 41.6 Å². The van der Waals surface area contributed by atoms with Crippen molar-refractivity contribution in [3.8, 4) is 0 Å². The number of carboxylic acid groups (broad SMARTS) is 1. The second-order valence-electron chi connectivity index (χ2n) is 6.11. The molecule has 5 nitrogen and oxygen atoms in total. The molecule has 3 atom stereocenters. The number of rotatable bonds is 3. The second kappa shape index (κ2) is 5.39. The molecule has 1 heterocycles. The molecule has 2 N–H and O–H groups in total. The van der Waals surface area contributed by atoms with Crippen LogP contribution in [0.1, 0.15) is 24.0 Å². The van der Waals surface area contributed by atoms with E-state index in [4.69, 9.17) is 5.11 Å². The molecule has 3 unspecified atom stereocenters. The molecule has 112 valence electrons. The summed E-state index contributed by atoms with van der Waals surface area (Å²) < 4.78 is 0. The number of nitrogens with one attached hydrogen (secondary N) is 1. The lowest BCUT2D eigenvalue weighted by atomic mass is 9.78.